The Kier molecular flexibility index (Phi) is 8.14. The van der Waals surface area contributed by atoms with Crippen molar-refractivity contribution in [2.75, 3.05) is 0 Å². The lowest BCUT2D eigenvalue weighted by Gasteiger charge is -2.29. The second-order valence-electron chi connectivity index (χ2n) is 7.63. The Balaban J connectivity index is 2.86. The zero-order valence-electron chi connectivity index (χ0n) is 18.8. The van der Waals surface area contributed by atoms with Crippen LogP contribution in [0.3, 0.4) is 0 Å². The molecular formula is C27H40. The summed E-state index contributed by atoms with van der Waals surface area (Å²) in [5.41, 5.74) is 12.8. The van der Waals surface area contributed by atoms with Crippen molar-refractivity contribution in [2.24, 2.45) is 0 Å². The van der Waals surface area contributed by atoms with Crippen LogP contribution in [0.2, 0.25) is 0 Å². The van der Waals surface area contributed by atoms with Crippen LogP contribution in [0.15, 0.2) is 24.3 Å². The van der Waals surface area contributed by atoms with Gasteiger partial charge in [0.1, 0.15) is 0 Å². The highest BCUT2D eigenvalue weighted by Crippen LogP contribution is 2.40. The van der Waals surface area contributed by atoms with Gasteiger partial charge in [0.25, 0.3) is 0 Å². The molecule has 0 aliphatic heterocycles. The molecule has 0 heteroatoms. The molecule has 0 fully saturated rings. The standard InChI is InChI=1S/C27H40/c1-8-19-15-17-21(10-3)26(23(19)12-5)25(14-7)27-22(11-4)18-16-20(9-2)24(27)13-6/h15-18,25H,8-14H2,1-7H3. The summed E-state index contributed by atoms with van der Waals surface area (Å²) >= 11 is 0. The molecule has 0 nitrogen and oxygen atoms in total. The lowest BCUT2D eigenvalue weighted by molar-refractivity contribution is 0.726. The van der Waals surface area contributed by atoms with Crippen molar-refractivity contribution < 1.29 is 0 Å². The normalized spacial score (nSPS) is 11.4. The largest absolute Gasteiger partial charge is 0.0645 e. The van der Waals surface area contributed by atoms with E-state index in [0.29, 0.717) is 5.92 Å². The average molecular weight is 365 g/mol. The molecule has 0 N–H and O–H groups in total. The summed E-state index contributed by atoms with van der Waals surface area (Å²) in [5, 5.41) is 0. The minimum atomic E-state index is 0.526. The topological polar surface area (TPSA) is 0 Å². The predicted octanol–water partition coefficient (Wildman–Crippen LogP) is 7.60. The Morgan fingerprint density at radius 2 is 0.815 bits per heavy atom. The SMILES string of the molecule is CCc1ccc(CC)c(C(CC)c2c(CC)ccc(CC)c2CC)c1CC. The number of aryl methyl sites for hydroxylation is 4. The molecule has 2 rings (SSSR count). The van der Waals surface area contributed by atoms with E-state index in [2.05, 4.69) is 72.7 Å². The second-order valence-corrected chi connectivity index (χ2v) is 7.63. The Bertz CT molecular complexity index is 688. The molecule has 0 aromatic heterocycles. The fourth-order valence-corrected chi connectivity index (χ4v) is 5.05. The Morgan fingerprint density at radius 3 is 1.07 bits per heavy atom. The second kappa shape index (κ2) is 10.1. The molecule has 2 aromatic carbocycles. The first kappa shape index (κ1) is 21.7. The molecule has 27 heavy (non-hydrogen) atoms. The van der Waals surface area contributed by atoms with Crippen LogP contribution in [0.4, 0.5) is 0 Å². The van der Waals surface area contributed by atoms with Gasteiger partial charge in [-0.25, -0.2) is 0 Å². The van der Waals surface area contributed by atoms with Gasteiger partial charge in [0.05, 0.1) is 0 Å². The van der Waals surface area contributed by atoms with Crippen molar-refractivity contribution in [1.82, 2.24) is 0 Å². The highest BCUT2D eigenvalue weighted by molar-refractivity contribution is 5.53. The quantitative estimate of drug-likeness (QED) is 0.429. The molecule has 0 aliphatic carbocycles. The van der Waals surface area contributed by atoms with Gasteiger partial charge in [-0.15, -0.1) is 0 Å². The maximum atomic E-state index is 2.41. The van der Waals surface area contributed by atoms with E-state index in [1.54, 1.807) is 44.5 Å². The van der Waals surface area contributed by atoms with Crippen molar-refractivity contribution >= 4 is 0 Å². The zero-order valence-corrected chi connectivity index (χ0v) is 18.8. The summed E-state index contributed by atoms with van der Waals surface area (Å²) in [5.74, 6) is 0.526. The first-order valence-electron chi connectivity index (χ1n) is 11.4. The fraction of sp³-hybridized carbons (Fsp3) is 0.556. The first-order valence-corrected chi connectivity index (χ1v) is 11.4. The van der Waals surface area contributed by atoms with E-state index < -0.39 is 0 Å². The van der Waals surface area contributed by atoms with Gasteiger partial charge in [0, 0.05) is 5.92 Å². The molecule has 2 aromatic rings. The van der Waals surface area contributed by atoms with E-state index >= 15 is 0 Å². The van der Waals surface area contributed by atoms with E-state index in [-0.39, 0.29) is 0 Å². The van der Waals surface area contributed by atoms with Crippen LogP contribution in [0.1, 0.15) is 105 Å². The molecule has 0 saturated heterocycles. The third-order valence-corrected chi connectivity index (χ3v) is 6.42. The molecule has 0 unspecified atom stereocenters. The highest BCUT2D eigenvalue weighted by atomic mass is 14.3. The smallest absolute Gasteiger partial charge is 0.00978 e. The summed E-state index contributed by atoms with van der Waals surface area (Å²) in [6.07, 6.45) is 7.97. The number of rotatable bonds is 9. The van der Waals surface area contributed by atoms with Gasteiger partial charge in [-0.3, -0.25) is 0 Å². The number of hydrogen-bond acceptors (Lipinski definition) is 0. The van der Waals surface area contributed by atoms with Gasteiger partial charge in [0.2, 0.25) is 0 Å². The summed E-state index contributed by atoms with van der Waals surface area (Å²) in [6.45, 7) is 16.3. The minimum Gasteiger partial charge on any atom is -0.0645 e. The van der Waals surface area contributed by atoms with Gasteiger partial charge in [-0.05, 0) is 89.5 Å². The van der Waals surface area contributed by atoms with Gasteiger partial charge >= 0.3 is 0 Å². The van der Waals surface area contributed by atoms with Crippen molar-refractivity contribution in [3.8, 4) is 0 Å². The summed E-state index contributed by atoms with van der Waals surface area (Å²) in [6, 6.07) is 9.60. The van der Waals surface area contributed by atoms with E-state index in [0.717, 1.165) is 38.5 Å². The minimum absolute atomic E-state index is 0.526. The van der Waals surface area contributed by atoms with E-state index in [4.69, 9.17) is 0 Å². The summed E-state index contributed by atoms with van der Waals surface area (Å²) in [4.78, 5) is 0. The van der Waals surface area contributed by atoms with Crippen LogP contribution in [0.5, 0.6) is 0 Å². The predicted molar refractivity (Wildman–Crippen MR) is 121 cm³/mol. The molecule has 0 spiro atoms. The number of hydrogen-bond donors (Lipinski definition) is 0. The van der Waals surface area contributed by atoms with Crippen molar-refractivity contribution in [1.29, 1.82) is 0 Å². The highest BCUT2D eigenvalue weighted by Gasteiger charge is 2.25. The monoisotopic (exact) mass is 364 g/mol. The van der Waals surface area contributed by atoms with Gasteiger partial charge in [-0.2, -0.15) is 0 Å². The molecule has 0 saturated carbocycles. The van der Waals surface area contributed by atoms with Crippen LogP contribution in [-0.4, -0.2) is 0 Å². The zero-order chi connectivity index (χ0) is 20.0. The molecule has 0 aliphatic rings. The van der Waals surface area contributed by atoms with Gasteiger partial charge in [0.15, 0.2) is 0 Å². The lowest BCUT2D eigenvalue weighted by atomic mass is 9.75. The van der Waals surface area contributed by atoms with Crippen LogP contribution in [-0.2, 0) is 38.5 Å². The van der Waals surface area contributed by atoms with Crippen LogP contribution in [0, 0.1) is 0 Å². The van der Waals surface area contributed by atoms with E-state index in [1.807, 2.05) is 0 Å². The van der Waals surface area contributed by atoms with Crippen molar-refractivity contribution in [3.05, 3.63) is 68.8 Å². The number of benzene rings is 2. The molecular weight excluding hydrogens is 324 g/mol. The first-order chi connectivity index (χ1) is 13.1. The molecule has 0 atom stereocenters. The molecule has 0 radical (unpaired) electrons. The maximum Gasteiger partial charge on any atom is 0.00978 e. The summed E-state index contributed by atoms with van der Waals surface area (Å²) < 4.78 is 0. The molecule has 0 bridgehead atoms. The van der Waals surface area contributed by atoms with E-state index in [9.17, 15) is 0 Å². The van der Waals surface area contributed by atoms with Gasteiger partial charge < -0.3 is 0 Å². The summed E-state index contributed by atoms with van der Waals surface area (Å²) in [7, 11) is 0. The van der Waals surface area contributed by atoms with Crippen LogP contribution < -0.4 is 0 Å². The van der Waals surface area contributed by atoms with Gasteiger partial charge in [-0.1, -0.05) is 72.7 Å². The Labute approximate surface area is 168 Å². The van der Waals surface area contributed by atoms with E-state index in [1.165, 1.54) is 6.42 Å². The van der Waals surface area contributed by atoms with Crippen molar-refractivity contribution in [2.45, 2.75) is 99.3 Å². The molecule has 0 amide bonds. The third kappa shape index (κ3) is 4.15. The maximum absolute atomic E-state index is 2.41. The molecule has 148 valence electrons. The fourth-order valence-electron chi connectivity index (χ4n) is 5.05. The van der Waals surface area contributed by atoms with Crippen LogP contribution in [0.25, 0.3) is 0 Å². The lowest BCUT2D eigenvalue weighted by Crippen LogP contribution is -2.14. The molecule has 0 heterocycles. The third-order valence-electron chi connectivity index (χ3n) is 6.42. The van der Waals surface area contributed by atoms with Crippen molar-refractivity contribution in [3.63, 3.8) is 0 Å². The Morgan fingerprint density at radius 1 is 0.481 bits per heavy atom. The average Bonchev–Trinajstić information content (AvgIpc) is 2.72. The van der Waals surface area contributed by atoms with Crippen LogP contribution >= 0.6 is 0 Å². The Hall–Kier alpha value is -1.56.